The lowest BCUT2D eigenvalue weighted by Gasteiger charge is -2.15. The molecular weight excluding hydrogens is 358 g/mol. The van der Waals surface area contributed by atoms with Crippen molar-refractivity contribution in [2.75, 3.05) is 15.4 Å². The lowest BCUT2D eigenvalue weighted by molar-refractivity contribution is -0.116. The van der Waals surface area contributed by atoms with Gasteiger partial charge in [-0.3, -0.25) is 14.4 Å². The number of primary amides is 1. The molecule has 8 nitrogen and oxygen atoms in total. The number of anilines is 2. The minimum atomic E-state index is -3.65. The summed E-state index contributed by atoms with van der Waals surface area (Å²) < 4.78 is 24.6. The lowest BCUT2D eigenvalue weighted by atomic mass is 10.1. The third kappa shape index (κ3) is 3.29. The Hall–Kier alpha value is -3.20. The summed E-state index contributed by atoms with van der Waals surface area (Å²) in [7, 11) is -3.65. The van der Waals surface area contributed by atoms with Gasteiger partial charge in [0, 0.05) is 12.0 Å². The molecule has 0 aliphatic carbocycles. The lowest BCUT2D eigenvalue weighted by Crippen LogP contribution is -2.29. The second kappa shape index (κ2) is 6.60. The zero-order chi connectivity index (χ0) is 18.9. The predicted octanol–water partition coefficient (Wildman–Crippen LogP) is 1.10. The highest BCUT2D eigenvalue weighted by Gasteiger charge is 2.36. The second-order valence-corrected chi connectivity index (χ2v) is 7.57. The molecule has 1 heterocycles. The Kier molecular flexibility index (Phi) is 4.47. The zero-order valence-corrected chi connectivity index (χ0v) is 14.3. The van der Waals surface area contributed by atoms with Gasteiger partial charge in [0.2, 0.25) is 15.9 Å². The molecule has 3 amide bonds. The third-order valence-corrected chi connectivity index (χ3v) is 5.57. The van der Waals surface area contributed by atoms with Gasteiger partial charge in [-0.1, -0.05) is 12.1 Å². The van der Waals surface area contributed by atoms with E-state index in [1.165, 1.54) is 30.3 Å². The van der Waals surface area contributed by atoms with Crippen LogP contribution in [0.25, 0.3) is 0 Å². The van der Waals surface area contributed by atoms with Crippen molar-refractivity contribution in [2.45, 2.75) is 6.42 Å². The fourth-order valence-electron chi connectivity index (χ4n) is 2.62. The second-order valence-electron chi connectivity index (χ2n) is 5.63. The monoisotopic (exact) mass is 373 g/mol. The number of benzene rings is 2. The van der Waals surface area contributed by atoms with Crippen molar-refractivity contribution in [1.82, 2.24) is 0 Å². The van der Waals surface area contributed by atoms with Crippen molar-refractivity contribution < 1.29 is 22.8 Å². The smallest absolute Gasteiger partial charge is 0.255 e. The standard InChI is InChI=1S/C17H15N3O5S/c18-16(22)13-3-1-2-4-14(13)19-17(23)11-5-7-12(8-6-11)20-15(21)9-10-26(20,24)25/h1-8H,9-10H2,(H2,18,22)(H,19,23). The molecule has 134 valence electrons. The van der Waals surface area contributed by atoms with E-state index < -0.39 is 27.7 Å². The number of hydrogen-bond donors (Lipinski definition) is 2. The number of nitrogens with one attached hydrogen (secondary N) is 1. The van der Waals surface area contributed by atoms with Gasteiger partial charge in [-0.15, -0.1) is 0 Å². The fourth-order valence-corrected chi connectivity index (χ4v) is 4.08. The van der Waals surface area contributed by atoms with Crippen LogP contribution in [0.15, 0.2) is 48.5 Å². The van der Waals surface area contributed by atoms with E-state index in [4.69, 9.17) is 5.73 Å². The number of hydrogen-bond acceptors (Lipinski definition) is 5. The molecule has 2 aromatic carbocycles. The van der Waals surface area contributed by atoms with Gasteiger partial charge >= 0.3 is 0 Å². The first-order valence-electron chi connectivity index (χ1n) is 7.66. The highest BCUT2D eigenvalue weighted by molar-refractivity contribution is 7.94. The van der Waals surface area contributed by atoms with Crippen LogP contribution in [0.4, 0.5) is 11.4 Å². The first kappa shape index (κ1) is 17.6. The molecule has 0 spiro atoms. The van der Waals surface area contributed by atoms with Crippen LogP contribution in [0.5, 0.6) is 0 Å². The van der Waals surface area contributed by atoms with Crippen molar-refractivity contribution in [3.05, 3.63) is 59.7 Å². The Morgan fingerprint density at radius 1 is 1.04 bits per heavy atom. The Morgan fingerprint density at radius 3 is 2.27 bits per heavy atom. The van der Waals surface area contributed by atoms with Gasteiger partial charge in [0.15, 0.2) is 0 Å². The summed E-state index contributed by atoms with van der Waals surface area (Å²) in [6.07, 6.45) is -0.0610. The van der Waals surface area contributed by atoms with Crippen LogP contribution in [0, 0.1) is 0 Å². The summed E-state index contributed by atoms with van der Waals surface area (Å²) in [4.78, 5) is 35.5. The first-order chi connectivity index (χ1) is 12.3. The molecule has 2 aromatic rings. The van der Waals surface area contributed by atoms with E-state index in [1.807, 2.05) is 0 Å². The number of para-hydroxylation sites is 1. The molecule has 1 saturated heterocycles. The van der Waals surface area contributed by atoms with Gasteiger partial charge in [0.25, 0.3) is 11.8 Å². The Bertz CT molecular complexity index is 999. The summed E-state index contributed by atoms with van der Waals surface area (Å²) in [5.74, 6) is -1.90. The Balaban J connectivity index is 1.82. The summed E-state index contributed by atoms with van der Waals surface area (Å²) in [6.45, 7) is 0. The quantitative estimate of drug-likeness (QED) is 0.830. The number of nitrogens with two attached hydrogens (primary N) is 1. The maximum atomic E-state index is 12.4. The highest BCUT2D eigenvalue weighted by Crippen LogP contribution is 2.25. The minimum Gasteiger partial charge on any atom is -0.366 e. The van der Waals surface area contributed by atoms with Gasteiger partial charge in [-0.25, -0.2) is 12.7 Å². The van der Waals surface area contributed by atoms with E-state index in [0.29, 0.717) is 0 Å². The van der Waals surface area contributed by atoms with E-state index in [-0.39, 0.29) is 34.7 Å². The van der Waals surface area contributed by atoms with Crippen molar-refractivity contribution in [1.29, 1.82) is 0 Å². The average Bonchev–Trinajstić information content (AvgIpc) is 2.88. The van der Waals surface area contributed by atoms with E-state index in [0.717, 1.165) is 4.31 Å². The molecule has 0 saturated carbocycles. The van der Waals surface area contributed by atoms with E-state index in [2.05, 4.69) is 5.32 Å². The minimum absolute atomic E-state index is 0.0610. The van der Waals surface area contributed by atoms with Crippen molar-refractivity contribution in [3.8, 4) is 0 Å². The topological polar surface area (TPSA) is 127 Å². The number of nitrogens with zero attached hydrogens (tertiary/aromatic N) is 1. The summed E-state index contributed by atoms with van der Waals surface area (Å²) in [6, 6.07) is 11.9. The average molecular weight is 373 g/mol. The molecule has 0 radical (unpaired) electrons. The Labute approximate surface area is 149 Å². The van der Waals surface area contributed by atoms with Crippen LogP contribution in [-0.4, -0.2) is 31.9 Å². The Morgan fingerprint density at radius 2 is 1.69 bits per heavy atom. The van der Waals surface area contributed by atoms with Crippen molar-refractivity contribution >= 4 is 39.1 Å². The molecule has 0 unspecified atom stereocenters. The first-order valence-corrected chi connectivity index (χ1v) is 9.26. The summed E-state index contributed by atoms with van der Waals surface area (Å²) in [5.41, 5.74) is 6.13. The highest BCUT2D eigenvalue weighted by atomic mass is 32.2. The predicted molar refractivity (Wildman–Crippen MR) is 95.2 cm³/mol. The van der Waals surface area contributed by atoms with Crippen molar-refractivity contribution in [2.24, 2.45) is 5.73 Å². The molecule has 9 heteroatoms. The molecule has 3 N–H and O–H groups in total. The maximum absolute atomic E-state index is 12.4. The van der Waals surface area contributed by atoms with E-state index in [1.54, 1.807) is 18.2 Å². The number of carbonyl (C=O) groups is 3. The zero-order valence-electron chi connectivity index (χ0n) is 13.5. The van der Waals surface area contributed by atoms with Gasteiger partial charge in [-0.05, 0) is 36.4 Å². The summed E-state index contributed by atoms with van der Waals surface area (Å²) in [5, 5.41) is 2.58. The number of rotatable bonds is 4. The fraction of sp³-hybridized carbons (Fsp3) is 0.118. The molecule has 1 aliphatic heterocycles. The van der Waals surface area contributed by atoms with Gasteiger partial charge < -0.3 is 11.1 Å². The van der Waals surface area contributed by atoms with Crippen molar-refractivity contribution in [3.63, 3.8) is 0 Å². The SMILES string of the molecule is NC(=O)c1ccccc1NC(=O)c1ccc(N2C(=O)CCS2(=O)=O)cc1. The van der Waals surface area contributed by atoms with Crippen LogP contribution < -0.4 is 15.4 Å². The molecule has 3 rings (SSSR count). The van der Waals surface area contributed by atoms with Crippen LogP contribution in [0.3, 0.4) is 0 Å². The third-order valence-electron chi connectivity index (χ3n) is 3.88. The van der Waals surface area contributed by atoms with E-state index in [9.17, 15) is 22.8 Å². The van der Waals surface area contributed by atoms with Gasteiger partial charge in [0.05, 0.1) is 22.7 Å². The maximum Gasteiger partial charge on any atom is 0.255 e. The molecule has 26 heavy (non-hydrogen) atoms. The van der Waals surface area contributed by atoms with Gasteiger partial charge in [0.1, 0.15) is 0 Å². The molecule has 0 bridgehead atoms. The molecular formula is C17H15N3O5S. The molecule has 0 aromatic heterocycles. The van der Waals surface area contributed by atoms with Gasteiger partial charge in [-0.2, -0.15) is 0 Å². The molecule has 0 atom stereocenters. The molecule has 1 fully saturated rings. The molecule has 1 aliphatic rings. The largest absolute Gasteiger partial charge is 0.366 e. The number of amides is 3. The van der Waals surface area contributed by atoms with Crippen LogP contribution in [-0.2, 0) is 14.8 Å². The van der Waals surface area contributed by atoms with E-state index >= 15 is 0 Å². The summed E-state index contributed by atoms with van der Waals surface area (Å²) >= 11 is 0. The van der Waals surface area contributed by atoms with Crippen LogP contribution in [0.2, 0.25) is 0 Å². The number of sulfonamides is 1. The van der Waals surface area contributed by atoms with Crippen LogP contribution in [0.1, 0.15) is 27.1 Å². The normalized spacial score (nSPS) is 15.7. The number of carbonyl (C=O) groups excluding carboxylic acids is 3. The van der Waals surface area contributed by atoms with Crippen LogP contribution >= 0.6 is 0 Å².